The molecule has 90 valence electrons. The van der Waals surface area contributed by atoms with Crippen molar-refractivity contribution in [3.8, 4) is 0 Å². The van der Waals surface area contributed by atoms with Gasteiger partial charge in [0.05, 0.1) is 17.9 Å². The Hall–Kier alpha value is -0.0100. The first kappa shape index (κ1) is 14.1. The molecule has 0 spiro atoms. The second-order valence-corrected chi connectivity index (χ2v) is 5.61. The van der Waals surface area contributed by atoms with Gasteiger partial charge in [0.25, 0.3) is 0 Å². The van der Waals surface area contributed by atoms with Gasteiger partial charge in [0, 0.05) is 28.2 Å². The molecule has 0 aromatic carbocycles. The van der Waals surface area contributed by atoms with Crippen LogP contribution in [-0.2, 0) is 6.54 Å². The minimum absolute atomic E-state index is 0.269. The van der Waals surface area contributed by atoms with Gasteiger partial charge in [0.1, 0.15) is 0 Å². The highest BCUT2D eigenvalue weighted by atomic mass is 79.9. The summed E-state index contributed by atoms with van der Waals surface area (Å²) in [6.07, 6.45) is 1.71. The molecule has 4 nitrogen and oxygen atoms in total. The van der Waals surface area contributed by atoms with Crippen molar-refractivity contribution in [2.24, 2.45) is 0 Å². The molecule has 0 aliphatic rings. The van der Waals surface area contributed by atoms with E-state index in [9.17, 15) is 5.11 Å². The van der Waals surface area contributed by atoms with Crippen LogP contribution < -0.4 is 5.32 Å². The highest BCUT2D eigenvalue weighted by molar-refractivity contribution is 9.11. The molecule has 0 fully saturated rings. The van der Waals surface area contributed by atoms with E-state index in [-0.39, 0.29) is 6.61 Å². The third-order valence-electron chi connectivity index (χ3n) is 2.02. The topological polar surface area (TPSA) is 65.4 Å². The molecule has 0 saturated carbocycles. The van der Waals surface area contributed by atoms with Gasteiger partial charge >= 0.3 is 0 Å². The zero-order valence-corrected chi connectivity index (χ0v) is 12.0. The number of hydrogen-bond acceptors (Lipinski definition) is 4. The Balaban J connectivity index is 2.49. The first-order chi connectivity index (χ1) is 7.44. The summed E-state index contributed by atoms with van der Waals surface area (Å²) in [7, 11) is 0. The molecule has 1 heterocycles. The van der Waals surface area contributed by atoms with Gasteiger partial charge in [-0.1, -0.05) is 0 Å². The van der Waals surface area contributed by atoms with Crippen LogP contribution in [-0.4, -0.2) is 33.9 Å². The fourth-order valence-corrected chi connectivity index (χ4v) is 2.21. The standard InChI is InChI=1S/C10H14Br2N2O2/c1-10(16,6-15)5-13-4-9-8(12)2-7(11)3-14-9/h2-3,13,15-16H,4-6H2,1H3. The van der Waals surface area contributed by atoms with Crippen LogP contribution in [0.5, 0.6) is 0 Å². The molecule has 0 radical (unpaired) electrons. The van der Waals surface area contributed by atoms with E-state index < -0.39 is 5.60 Å². The van der Waals surface area contributed by atoms with E-state index >= 15 is 0 Å². The highest BCUT2D eigenvalue weighted by Gasteiger charge is 2.18. The number of hydrogen-bond donors (Lipinski definition) is 3. The predicted molar refractivity (Wildman–Crippen MR) is 69.1 cm³/mol. The van der Waals surface area contributed by atoms with Crippen molar-refractivity contribution in [3.05, 3.63) is 26.9 Å². The van der Waals surface area contributed by atoms with Crippen LogP contribution in [0.15, 0.2) is 21.2 Å². The normalized spacial score (nSPS) is 14.8. The van der Waals surface area contributed by atoms with E-state index in [4.69, 9.17) is 5.11 Å². The van der Waals surface area contributed by atoms with Crippen LogP contribution in [0.4, 0.5) is 0 Å². The summed E-state index contributed by atoms with van der Waals surface area (Å²) < 4.78 is 1.81. The van der Waals surface area contributed by atoms with Crippen LogP contribution in [0, 0.1) is 0 Å². The lowest BCUT2D eigenvalue weighted by molar-refractivity contribution is 0.00248. The lowest BCUT2D eigenvalue weighted by atomic mass is 10.1. The molecule has 1 rings (SSSR count). The Bertz CT molecular complexity index is 359. The molecule has 0 aliphatic heterocycles. The van der Waals surface area contributed by atoms with E-state index in [1.54, 1.807) is 13.1 Å². The molecule has 1 aromatic rings. The van der Waals surface area contributed by atoms with Crippen molar-refractivity contribution < 1.29 is 10.2 Å². The number of nitrogens with zero attached hydrogens (tertiary/aromatic N) is 1. The molecule has 1 atom stereocenters. The maximum atomic E-state index is 9.56. The Labute approximate surface area is 111 Å². The molecule has 0 aliphatic carbocycles. The Morgan fingerprint density at radius 2 is 2.19 bits per heavy atom. The van der Waals surface area contributed by atoms with Crippen LogP contribution in [0.3, 0.4) is 0 Å². The quantitative estimate of drug-likeness (QED) is 0.749. The van der Waals surface area contributed by atoms with Gasteiger partial charge in [-0.15, -0.1) is 0 Å². The van der Waals surface area contributed by atoms with E-state index in [1.807, 2.05) is 6.07 Å². The Morgan fingerprint density at radius 3 is 2.75 bits per heavy atom. The van der Waals surface area contributed by atoms with Gasteiger partial charge in [-0.2, -0.15) is 0 Å². The summed E-state index contributed by atoms with van der Waals surface area (Å²) in [5, 5.41) is 21.5. The van der Waals surface area contributed by atoms with E-state index in [0.717, 1.165) is 14.6 Å². The third-order valence-corrected chi connectivity index (χ3v) is 3.14. The summed E-state index contributed by atoms with van der Waals surface area (Å²) in [5.41, 5.74) is -0.237. The minimum atomic E-state index is -1.10. The summed E-state index contributed by atoms with van der Waals surface area (Å²) in [4.78, 5) is 4.22. The Morgan fingerprint density at radius 1 is 1.50 bits per heavy atom. The fourth-order valence-electron chi connectivity index (χ4n) is 1.08. The molecule has 0 amide bonds. The smallest absolute Gasteiger partial charge is 0.0972 e. The van der Waals surface area contributed by atoms with Crippen LogP contribution in [0.1, 0.15) is 12.6 Å². The van der Waals surface area contributed by atoms with Crippen molar-refractivity contribution in [1.82, 2.24) is 10.3 Å². The first-order valence-electron chi connectivity index (χ1n) is 4.78. The monoisotopic (exact) mass is 352 g/mol. The van der Waals surface area contributed by atoms with E-state index in [0.29, 0.717) is 13.1 Å². The summed E-state index contributed by atoms with van der Waals surface area (Å²) in [6.45, 7) is 2.15. The molecule has 0 bridgehead atoms. The van der Waals surface area contributed by atoms with Crippen molar-refractivity contribution in [3.63, 3.8) is 0 Å². The zero-order chi connectivity index (χ0) is 12.2. The summed E-state index contributed by atoms with van der Waals surface area (Å²) in [5.74, 6) is 0. The number of halogens is 2. The molecular weight excluding hydrogens is 340 g/mol. The number of rotatable bonds is 5. The van der Waals surface area contributed by atoms with E-state index in [1.165, 1.54) is 0 Å². The maximum absolute atomic E-state index is 9.56. The number of aliphatic hydroxyl groups is 2. The number of nitrogens with one attached hydrogen (secondary N) is 1. The minimum Gasteiger partial charge on any atom is -0.393 e. The molecule has 16 heavy (non-hydrogen) atoms. The summed E-state index contributed by atoms with van der Waals surface area (Å²) in [6, 6.07) is 1.91. The summed E-state index contributed by atoms with van der Waals surface area (Å²) >= 11 is 6.72. The van der Waals surface area contributed by atoms with Gasteiger partial charge in [0.15, 0.2) is 0 Å². The van der Waals surface area contributed by atoms with Gasteiger partial charge in [-0.25, -0.2) is 0 Å². The zero-order valence-electron chi connectivity index (χ0n) is 8.87. The third kappa shape index (κ3) is 4.47. The van der Waals surface area contributed by atoms with Crippen molar-refractivity contribution in [1.29, 1.82) is 0 Å². The maximum Gasteiger partial charge on any atom is 0.0972 e. The molecule has 1 unspecified atom stereocenters. The number of pyridine rings is 1. The average Bonchev–Trinajstić information content (AvgIpc) is 2.21. The second-order valence-electron chi connectivity index (χ2n) is 3.84. The van der Waals surface area contributed by atoms with Crippen molar-refractivity contribution in [2.75, 3.05) is 13.2 Å². The SMILES string of the molecule is CC(O)(CO)CNCc1ncc(Br)cc1Br. The molecule has 1 aromatic heterocycles. The predicted octanol–water partition coefficient (Wildman–Crippen LogP) is 1.44. The molecule has 6 heteroatoms. The van der Waals surface area contributed by atoms with Crippen LogP contribution in [0.2, 0.25) is 0 Å². The number of aromatic nitrogens is 1. The number of aliphatic hydroxyl groups excluding tert-OH is 1. The molecule has 3 N–H and O–H groups in total. The van der Waals surface area contributed by atoms with Gasteiger partial charge in [-0.3, -0.25) is 4.98 Å². The Kier molecular flexibility index (Phi) is 5.33. The molecular formula is C10H14Br2N2O2. The van der Waals surface area contributed by atoms with Crippen LogP contribution in [0.25, 0.3) is 0 Å². The lowest BCUT2D eigenvalue weighted by Crippen LogP contribution is -2.40. The average molecular weight is 354 g/mol. The largest absolute Gasteiger partial charge is 0.393 e. The lowest BCUT2D eigenvalue weighted by Gasteiger charge is -2.20. The van der Waals surface area contributed by atoms with Crippen molar-refractivity contribution in [2.45, 2.75) is 19.1 Å². The highest BCUT2D eigenvalue weighted by Crippen LogP contribution is 2.19. The first-order valence-corrected chi connectivity index (χ1v) is 6.37. The second kappa shape index (κ2) is 6.07. The van der Waals surface area contributed by atoms with Crippen molar-refractivity contribution >= 4 is 31.9 Å². The van der Waals surface area contributed by atoms with Crippen LogP contribution >= 0.6 is 31.9 Å². The van der Waals surface area contributed by atoms with Gasteiger partial charge < -0.3 is 15.5 Å². The van der Waals surface area contributed by atoms with Gasteiger partial charge in [-0.05, 0) is 44.8 Å². The van der Waals surface area contributed by atoms with E-state index in [2.05, 4.69) is 42.2 Å². The molecule has 0 saturated heterocycles. The fraction of sp³-hybridized carbons (Fsp3) is 0.500. The van der Waals surface area contributed by atoms with Gasteiger partial charge in [0.2, 0.25) is 0 Å².